The van der Waals surface area contributed by atoms with Crippen molar-refractivity contribution in [2.75, 3.05) is 20.9 Å². The largest absolute Gasteiger partial charge is 0.481 e. The van der Waals surface area contributed by atoms with Crippen molar-refractivity contribution >= 4 is 5.97 Å². The van der Waals surface area contributed by atoms with Crippen LogP contribution in [0.2, 0.25) is 0 Å². The fraction of sp³-hybridized carbons (Fsp3) is 0.316. The number of carboxylic acids is 1. The molecule has 1 saturated heterocycles. The van der Waals surface area contributed by atoms with Crippen LogP contribution in [0.25, 0.3) is 0 Å². The summed E-state index contributed by atoms with van der Waals surface area (Å²) in [5, 5.41) is 14.0. The zero-order chi connectivity index (χ0) is 17.6. The lowest BCUT2D eigenvalue weighted by atomic mass is 9.85. The Kier molecular flexibility index (Phi) is 3.86. The van der Waals surface area contributed by atoms with E-state index in [0.29, 0.717) is 11.5 Å². The van der Waals surface area contributed by atoms with Crippen molar-refractivity contribution in [2.24, 2.45) is 5.92 Å². The molecule has 6 heteroatoms. The summed E-state index contributed by atoms with van der Waals surface area (Å²) < 4.78 is 10.8. The molecule has 0 aromatic heterocycles. The molecule has 2 aromatic carbocycles. The van der Waals surface area contributed by atoms with E-state index in [1.807, 2.05) is 72.6 Å². The number of aliphatic carboxylic acids is 1. The standard InChI is InChI=1S/C19H20N2O4/c1-20-17(12-6-4-3-5-7-12)16(19(22)23)18(21(20)2)13-8-9-14-15(10-13)25-11-24-14/h3-10,16-18H,11H2,1-2H3,(H,22,23)/t16-,17-,18-/m1/s1. The highest BCUT2D eigenvalue weighted by Gasteiger charge is 2.49. The highest BCUT2D eigenvalue weighted by Crippen LogP contribution is 2.48. The van der Waals surface area contributed by atoms with Gasteiger partial charge in [-0.2, -0.15) is 0 Å². The first-order valence-corrected chi connectivity index (χ1v) is 8.21. The van der Waals surface area contributed by atoms with Crippen LogP contribution in [0.5, 0.6) is 11.5 Å². The van der Waals surface area contributed by atoms with Gasteiger partial charge in [0.15, 0.2) is 11.5 Å². The van der Waals surface area contributed by atoms with Gasteiger partial charge in [0.25, 0.3) is 0 Å². The summed E-state index contributed by atoms with van der Waals surface area (Å²) in [5.74, 6) is -0.0458. The van der Waals surface area contributed by atoms with E-state index in [0.717, 1.165) is 11.1 Å². The van der Waals surface area contributed by atoms with Crippen LogP contribution < -0.4 is 9.47 Å². The van der Waals surface area contributed by atoms with Crippen molar-refractivity contribution in [1.29, 1.82) is 0 Å². The number of fused-ring (bicyclic) bond motifs is 1. The highest BCUT2D eigenvalue weighted by atomic mass is 16.7. The summed E-state index contributed by atoms with van der Waals surface area (Å²) in [4.78, 5) is 12.2. The number of rotatable bonds is 3. The topological polar surface area (TPSA) is 62.2 Å². The van der Waals surface area contributed by atoms with Gasteiger partial charge in [-0.1, -0.05) is 36.4 Å². The molecule has 3 atom stereocenters. The van der Waals surface area contributed by atoms with E-state index in [-0.39, 0.29) is 18.9 Å². The Morgan fingerprint density at radius 2 is 1.60 bits per heavy atom. The first-order chi connectivity index (χ1) is 12.1. The van der Waals surface area contributed by atoms with Gasteiger partial charge in [-0.25, -0.2) is 10.0 Å². The van der Waals surface area contributed by atoms with Crippen LogP contribution in [0, 0.1) is 5.92 Å². The van der Waals surface area contributed by atoms with Gasteiger partial charge in [-0.15, -0.1) is 0 Å². The summed E-state index contributed by atoms with van der Waals surface area (Å²) in [7, 11) is 3.86. The Morgan fingerprint density at radius 1 is 0.960 bits per heavy atom. The monoisotopic (exact) mass is 340 g/mol. The lowest BCUT2D eigenvalue weighted by Crippen LogP contribution is -2.32. The molecule has 2 heterocycles. The maximum atomic E-state index is 12.2. The van der Waals surface area contributed by atoms with E-state index < -0.39 is 11.9 Å². The van der Waals surface area contributed by atoms with E-state index in [4.69, 9.17) is 9.47 Å². The molecule has 6 nitrogen and oxygen atoms in total. The van der Waals surface area contributed by atoms with E-state index >= 15 is 0 Å². The summed E-state index contributed by atoms with van der Waals surface area (Å²) in [6.45, 7) is 0.203. The summed E-state index contributed by atoms with van der Waals surface area (Å²) >= 11 is 0. The van der Waals surface area contributed by atoms with Gasteiger partial charge < -0.3 is 14.6 Å². The van der Waals surface area contributed by atoms with Crippen LogP contribution >= 0.6 is 0 Å². The molecule has 2 aromatic rings. The van der Waals surface area contributed by atoms with Crippen LogP contribution in [0.1, 0.15) is 23.2 Å². The molecule has 4 rings (SSSR count). The predicted molar refractivity (Wildman–Crippen MR) is 91.1 cm³/mol. The minimum absolute atomic E-state index is 0.203. The molecule has 2 aliphatic rings. The molecule has 2 aliphatic heterocycles. The number of benzene rings is 2. The van der Waals surface area contributed by atoms with Crippen LogP contribution in [-0.4, -0.2) is 42.0 Å². The zero-order valence-electron chi connectivity index (χ0n) is 14.1. The average Bonchev–Trinajstić information content (AvgIpc) is 3.18. The molecule has 0 bridgehead atoms. The second kappa shape index (κ2) is 6.06. The number of carboxylic acid groups (broad SMARTS) is 1. The van der Waals surface area contributed by atoms with E-state index in [2.05, 4.69) is 0 Å². The molecular formula is C19H20N2O4. The maximum Gasteiger partial charge on any atom is 0.310 e. The summed E-state index contributed by atoms with van der Waals surface area (Å²) in [5.41, 5.74) is 1.90. The van der Waals surface area contributed by atoms with E-state index in [1.54, 1.807) is 0 Å². The fourth-order valence-corrected chi connectivity index (χ4v) is 3.89. The molecule has 0 aliphatic carbocycles. The van der Waals surface area contributed by atoms with Gasteiger partial charge in [0.05, 0.1) is 18.0 Å². The molecule has 0 amide bonds. The number of ether oxygens (including phenoxy) is 2. The van der Waals surface area contributed by atoms with Crippen LogP contribution in [0.15, 0.2) is 48.5 Å². The molecular weight excluding hydrogens is 320 g/mol. The Bertz CT molecular complexity index is 795. The second-order valence-electron chi connectivity index (χ2n) is 6.42. The van der Waals surface area contributed by atoms with Crippen LogP contribution in [0.3, 0.4) is 0 Å². The van der Waals surface area contributed by atoms with Crippen molar-refractivity contribution in [2.45, 2.75) is 12.1 Å². The normalized spacial score (nSPS) is 26.1. The molecule has 0 unspecified atom stereocenters. The highest BCUT2D eigenvalue weighted by molar-refractivity contribution is 5.73. The summed E-state index contributed by atoms with van der Waals surface area (Å²) in [6, 6.07) is 14.9. The third kappa shape index (κ3) is 2.54. The number of hydrogen-bond acceptors (Lipinski definition) is 5. The molecule has 25 heavy (non-hydrogen) atoms. The lowest BCUT2D eigenvalue weighted by Gasteiger charge is -2.27. The Hall–Kier alpha value is -2.57. The molecule has 1 N–H and O–H groups in total. The predicted octanol–water partition coefficient (Wildman–Crippen LogP) is 2.69. The van der Waals surface area contributed by atoms with Crippen molar-refractivity contribution in [3.63, 3.8) is 0 Å². The zero-order valence-corrected chi connectivity index (χ0v) is 14.1. The van der Waals surface area contributed by atoms with Gasteiger partial charge >= 0.3 is 5.97 Å². The Morgan fingerprint density at radius 3 is 2.28 bits per heavy atom. The van der Waals surface area contributed by atoms with Crippen molar-refractivity contribution in [3.8, 4) is 11.5 Å². The smallest absolute Gasteiger partial charge is 0.310 e. The van der Waals surface area contributed by atoms with E-state index in [1.165, 1.54) is 0 Å². The Balaban J connectivity index is 1.77. The van der Waals surface area contributed by atoms with Crippen LogP contribution in [-0.2, 0) is 4.79 Å². The lowest BCUT2D eigenvalue weighted by molar-refractivity contribution is -0.143. The molecule has 130 valence electrons. The SMILES string of the molecule is CN1[C@H](c2ccccc2)[C@@H](C(=O)O)[C@@H](c2ccc3c(c2)OCO3)N1C. The number of hydrogen-bond donors (Lipinski definition) is 1. The number of hydrazine groups is 1. The third-order valence-corrected chi connectivity index (χ3v) is 5.15. The third-order valence-electron chi connectivity index (χ3n) is 5.15. The quantitative estimate of drug-likeness (QED) is 0.927. The van der Waals surface area contributed by atoms with Gasteiger partial charge in [0, 0.05) is 14.1 Å². The van der Waals surface area contributed by atoms with Gasteiger partial charge in [-0.3, -0.25) is 4.79 Å². The first kappa shape index (κ1) is 15.9. The van der Waals surface area contributed by atoms with Gasteiger partial charge in [0.2, 0.25) is 6.79 Å². The van der Waals surface area contributed by atoms with Gasteiger partial charge in [0.1, 0.15) is 0 Å². The second-order valence-corrected chi connectivity index (χ2v) is 6.42. The number of nitrogens with zero attached hydrogens (tertiary/aromatic N) is 2. The molecule has 0 saturated carbocycles. The summed E-state index contributed by atoms with van der Waals surface area (Å²) in [6.07, 6.45) is 0. The van der Waals surface area contributed by atoms with Crippen molar-refractivity contribution in [1.82, 2.24) is 10.0 Å². The Labute approximate surface area is 146 Å². The van der Waals surface area contributed by atoms with Gasteiger partial charge in [-0.05, 0) is 23.3 Å². The van der Waals surface area contributed by atoms with Crippen molar-refractivity contribution < 1.29 is 19.4 Å². The molecule has 0 radical (unpaired) electrons. The molecule has 0 spiro atoms. The number of carbonyl (C=O) groups is 1. The minimum Gasteiger partial charge on any atom is -0.481 e. The fourth-order valence-electron chi connectivity index (χ4n) is 3.89. The minimum atomic E-state index is -0.812. The van der Waals surface area contributed by atoms with Crippen LogP contribution in [0.4, 0.5) is 0 Å². The maximum absolute atomic E-state index is 12.2. The van der Waals surface area contributed by atoms with E-state index in [9.17, 15) is 9.90 Å². The average molecular weight is 340 g/mol. The first-order valence-electron chi connectivity index (χ1n) is 8.21. The molecule has 1 fully saturated rings. The van der Waals surface area contributed by atoms with Crippen molar-refractivity contribution in [3.05, 3.63) is 59.7 Å².